The highest BCUT2D eigenvalue weighted by Gasteiger charge is 2.35. The van der Waals surface area contributed by atoms with E-state index in [4.69, 9.17) is 0 Å². The number of fused-ring (bicyclic) bond motifs is 3. The number of carbonyl (C=O) groups is 1. The van der Waals surface area contributed by atoms with Gasteiger partial charge >= 0.3 is 0 Å². The monoisotopic (exact) mass is 314 g/mol. The zero-order valence-corrected chi connectivity index (χ0v) is 12.8. The Kier molecular flexibility index (Phi) is 3.61. The Hall–Kier alpha value is -2.21. The topological polar surface area (TPSA) is 61.0 Å². The Morgan fingerprint density at radius 2 is 2.13 bits per heavy atom. The van der Waals surface area contributed by atoms with Crippen molar-refractivity contribution in [2.75, 3.05) is 19.6 Å². The molecule has 0 aliphatic carbocycles. The molecule has 2 bridgehead atoms. The van der Waals surface area contributed by atoms with Crippen LogP contribution in [0.2, 0.25) is 0 Å². The normalized spacial score (nSPS) is 26.2. The van der Waals surface area contributed by atoms with E-state index < -0.39 is 5.82 Å². The van der Waals surface area contributed by atoms with Gasteiger partial charge in [-0.15, -0.1) is 0 Å². The quantitative estimate of drug-likeness (QED) is 0.911. The van der Waals surface area contributed by atoms with Crippen molar-refractivity contribution in [1.29, 1.82) is 0 Å². The SMILES string of the molecule is O=C(NC1CN2CCC1CC2)c1ccc(-c2cncc(F)c2)[nH]1. The van der Waals surface area contributed by atoms with Crippen molar-refractivity contribution in [3.63, 3.8) is 0 Å². The van der Waals surface area contributed by atoms with Gasteiger partial charge in [-0.3, -0.25) is 9.78 Å². The molecule has 0 aromatic carbocycles. The highest BCUT2D eigenvalue weighted by Crippen LogP contribution is 2.27. The van der Waals surface area contributed by atoms with E-state index in [9.17, 15) is 9.18 Å². The Bertz CT molecular complexity index is 721. The van der Waals surface area contributed by atoms with Gasteiger partial charge in [0.2, 0.25) is 0 Å². The molecule has 3 aliphatic heterocycles. The van der Waals surface area contributed by atoms with E-state index in [2.05, 4.69) is 20.2 Å². The lowest BCUT2D eigenvalue weighted by atomic mass is 9.84. The minimum absolute atomic E-state index is 0.0978. The summed E-state index contributed by atoms with van der Waals surface area (Å²) in [6.45, 7) is 3.24. The van der Waals surface area contributed by atoms with E-state index in [0.717, 1.165) is 38.7 Å². The first-order chi connectivity index (χ1) is 11.2. The molecule has 0 radical (unpaired) electrons. The van der Waals surface area contributed by atoms with E-state index in [1.165, 1.54) is 6.07 Å². The average Bonchev–Trinajstić information content (AvgIpc) is 3.06. The first-order valence-corrected chi connectivity index (χ1v) is 8.02. The van der Waals surface area contributed by atoms with Crippen LogP contribution in [-0.2, 0) is 0 Å². The highest BCUT2D eigenvalue weighted by molar-refractivity contribution is 5.93. The number of nitrogens with one attached hydrogen (secondary N) is 2. The molecule has 23 heavy (non-hydrogen) atoms. The molecule has 3 aliphatic rings. The number of rotatable bonds is 3. The molecule has 5 heterocycles. The summed E-state index contributed by atoms with van der Waals surface area (Å²) in [6.07, 6.45) is 5.06. The predicted molar refractivity (Wildman–Crippen MR) is 84.4 cm³/mol. The number of piperidine rings is 3. The standard InChI is InChI=1S/C17H19FN4O/c18-13-7-12(8-19-9-13)14-1-2-15(20-14)17(23)21-16-10-22-5-3-11(16)4-6-22/h1-2,7-9,11,16,20H,3-6,10H2,(H,21,23). The number of hydrogen-bond acceptors (Lipinski definition) is 3. The fourth-order valence-electron chi connectivity index (χ4n) is 3.63. The summed E-state index contributed by atoms with van der Waals surface area (Å²) >= 11 is 0. The summed E-state index contributed by atoms with van der Waals surface area (Å²) < 4.78 is 13.3. The van der Waals surface area contributed by atoms with Crippen LogP contribution in [0.25, 0.3) is 11.3 Å². The number of aromatic nitrogens is 2. The van der Waals surface area contributed by atoms with E-state index in [1.807, 2.05) is 0 Å². The van der Waals surface area contributed by atoms with E-state index >= 15 is 0 Å². The lowest BCUT2D eigenvalue weighted by Crippen LogP contribution is -2.57. The first kappa shape index (κ1) is 14.4. The fourth-order valence-corrected chi connectivity index (χ4v) is 3.63. The van der Waals surface area contributed by atoms with Crippen molar-refractivity contribution in [3.05, 3.63) is 42.1 Å². The van der Waals surface area contributed by atoms with Gasteiger partial charge in [-0.05, 0) is 50.0 Å². The molecular formula is C17H19FN4O. The van der Waals surface area contributed by atoms with Gasteiger partial charge in [0, 0.05) is 30.0 Å². The number of nitrogens with zero attached hydrogens (tertiary/aromatic N) is 2. The molecule has 2 N–H and O–H groups in total. The van der Waals surface area contributed by atoms with Crippen molar-refractivity contribution in [2.45, 2.75) is 18.9 Å². The lowest BCUT2D eigenvalue weighted by molar-refractivity contribution is 0.0618. The number of amides is 1. The first-order valence-electron chi connectivity index (χ1n) is 8.02. The Morgan fingerprint density at radius 1 is 1.30 bits per heavy atom. The molecule has 120 valence electrons. The number of pyridine rings is 1. The number of H-pyrrole nitrogens is 1. The van der Waals surface area contributed by atoms with Gasteiger partial charge in [-0.1, -0.05) is 0 Å². The minimum atomic E-state index is -0.393. The number of halogens is 1. The maximum Gasteiger partial charge on any atom is 0.267 e. The van der Waals surface area contributed by atoms with Gasteiger partial charge in [0.05, 0.1) is 6.20 Å². The van der Waals surface area contributed by atoms with Crippen LogP contribution >= 0.6 is 0 Å². The summed E-state index contributed by atoms with van der Waals surface area (Å²) in [5.74, 6) is 0.0977. The van der Waals surface area contributed by atoms with Crippen molar-refractivity contribution >= 4 is 5.91 Å². The van der Waals surface area contributed by atoms with Gasteiger partial charge in [0.15, 0.2) is 0 Å². The maximum absolute atomic E-state index is 13.3. The Labute approximate surface area is 133 Å². The van der Waals surface area contributed by atoms with Gasteiger partial charge < -0.3 is 15.2 Å². The average molecular weight is 314 g/mol. The van der Waals surface area contributed by atoms with Crippen molar-refractivity contribution in [3.8, 4) is 11.3 Å². The van der Waals surface area contributed by atoms with E-state index in [1.54, 1.807) is 18.3 Å². The Morgan fingerprint density at radius 3 is 2.83 bits per heavy atom. The predicted octanol–water partition coefficient (Wildman–Crippen LogP) is 2.04. The van der Waals surface area contributed by atoms with Crippen LogP contribution in [0.4, 0.5) is 4.39 Å². The van der Waals surface area contributed by atoms with Crippen LogP contribution in [0.3, 0.4) is 0 Å². The zero-order valence-electron chi connectivity index (χ0n) is 12.8. The molecule has 3 fully saturated rings. The van der Waals surface area contributed by atoms with Crippen molar-refractivity contribution in [1.82, 2.24) is 20.2 Å². The van der Waals surface area contributed by atoms with Crippen LogP contribution in [0.15, 0.2) is 30.6 Å². The number of aromatic amines is 1. The second-order valence-electron chi connectivity index (χ2n) is 6.40. The second-order valence-corrected chi connectivity index (χ2v) is 6.40. The largest absolute Gasteiger partial charge is 0.351 e. The lowest BCUT2D eigenvalue weighted by Gasteiger charge is -2.44. The van der Waals surface area contributed by atoms with E-state index in [0.29, 0.717) is 22.9 Å². The van der Waals surface area contributed by atoms with Crippen LogP contribution in [0.5, 0.6) is 0 Å². The molecule has 5 rings (SSSR count). The summed E-state index contributed by atoms with van der Waals surface area (Å²) in [4.78, 5) is 21.7. The van der Waals surface area contributed by atoms with Gasteiger partial charge in [-0.25, -0.2) is 4.39 Å². The molecule has 1 amide bonds. The van der Waals surface area contributed by atoms with Gasteiger partial charge in [-0.2, -0.15) is 0 Å². The summed E-state index contributed by atoms with van der Waals surface area (Å²) in [5, 5.41) is 3.14. The fraction of sp³-hybridized carbons (Fsp3) is 0.412. The molecule has 2 aromatic heterocycles. The summed E-state index contributed by atoms with van der Waals surface area (Å²) in [7, 11) is 0. The molecule has 3 saturated heterocycles. The molecule has 2 aromatic rings. The zero-order chi connectivity index (χ0) is 15.8. The second kappa shape index (κ2) is 5.77. The van der Waals surface area contributed by atoms with Crippen molar-refractivity contribution < 1.29 is 9.18 Å². The molecule has 1 unspecified atom stereocenters. The smallest absolute Gasteiger partial charge is 0.267 e. The molecule has 0 saturated carbocycles. The van der Waals surface area contributed by atoms with Gasteiger partial charge in [0.1, 0.15) is 11.5 Å². The van der Waals surface area contributed by atoms with Crippen LogP contribution < -0.4 is 5.32 Å². The minimum Gasteiger partial charge on any atom is -0.351 e. The highest BCUT2D eigenvalue weighted by atomic mass is 19.1. The maximum atomic E-state index is 13.3. The van der Waals surface area contributed by atoms with Gasteiger partial charge in [0.25, 0.3) is 5.91 Å². The Balaban J connectivity index is 1.47. The summed E-state index contributed by atoms with van der Waals surface area (Å²) in [6, 6.07) is 5.14. The number of hydrogen-bond donors (Lipinski definition) is 2. The summed E-state index contributed by atoms with van der Waals surface area (Å²) in [5.41, 5.74) is 1.82. The molecule has 1 atom stereocenters. The third kappa shape index (κ3) is 2.86. The third-order valence-electron chi connectivity index (χ3n) is 4.92. The van der Waals surface area contributed by atoms with Crippen molar-refractivity contribution in [2.24, 2.45) is 5.92 Å². The van der Waals surface area contributed by atoms with Crippen LogP contribution in [0.1, 0.15) is 23.3 Å². The van der Waals surface area contributed by atoms with E-state index in [-0.39, 0.29) is 11.9 Å². The number of carbonyl (C=O) groups excluding carboxylic acids is 1. The molecule has 0 spiro atoms. The third-order valence-corrected chi connectivity index (χ3v) is 4.92. The molecule has 6 heteroatoms. The van der Waals surface area contributed by atoms with Crippen LogP contribution in [-0.4, -0.2) is 46.5 Å². The van der Waals surface area contributed by atoms with Crippen LogP contribution in [0, 0.1) is 11.7 Å². The molecule has 5 nitrogen and oxygen atoms in total. The molecular weight excluding hydrogens is 295 g/mol.